The number of halogens is 1. The number of rotatable bonds is 4. The molecule has 3 nitrogen and oxygen atoms in total. The Balaban J connectivity index is 0.00000132. The Labute approximate surface area is 136 Å². The number of thiazole rings is 1. The van der Waals surface area contributed by atoms with Gasteiger partial charge in [0.25, 0.3) is 0 Å². The van der Waals surface area contributed by atoms with Gasteiger partial charge in [0, 0.05) is 25.2 Å². The highest BCUT2D eigenvalue weighted by atomic mass is 35.5. The molecule has 1 saturated heterocycles. The van der Waals surface area contributed by atoms with E-state index in [-0.39, 0.29) is 12.4 Å². The van der Waals surface area contributed by atoms with Gasteiger partial charge in [0.05, 0.1) is 15.2 Å². The van der Waals surface area contributed by atoms with E-state index in [0.717, 1.165) is 29.2 Å². The Kier molecular flexibility index (Phi) is 4.50. The highest BCUT2D eigenvalue weighted by molar-refractivity contribution is 7.18. The molecule has 1 saturated carbocycles. The van der Waals surface area contributed by atoms with E-state index in [1.165, 1.54) is 42.6 Å². The summed E-state index contributed by atoms with van der Waals surface area (Å²) >= 11 is 1.81. The molecule has 4 rings (SSSR count). The molecule has 0 radical (unpaired) electrons. The number of nitrogens with one attached hydrogen (secondary N) is 1. The van der Waals surface area contributed by atoms with Crippen molar-refractivity contribution in [3.8, 4) is 0 Å². The molecule has 1 aliphatic carbocycles. The lowest BCUT2D eigenvalue weighted by atomic mass is 10.1. The van der Waals surface area contributed by atoms with Crippen molar-refractivity contribution in [2.24, 2.45) is 0 Å². The van der Waals surface area contributed by atoms with Crippen LogP contribution in [-0.4, -0.2) is 35.1 Å². The summed E-state index contributed by atoms with van der Waals surface area (Å²) in [6, 6.07) is 8.36. The van der Waals surface area contributed by atoms with E-state index in [9.17, 15) is 0 Å². The van der Waals surface area contributed by atoms with Gasteiger partial charge in [0.15, 0.2) is 0 Å². The molecule has 1 aliphatic heterocycles. The van der Waals surface area contributed by atoms with Gasteiger partial charge in [-0.15, -0.1) is 23.7 Å². The van der Waals surface area contributed by atoms with Crippen molar-refractivity contribution in [1.29, 1.82) is 0 Å². The molecule has 0 bridgehead atoms. The monoisotopic (exact) mass is 323 g/mol. The Bertz CT molecular complexity index is 617. The van der Waals surface area contributed by atoms with Crippen molar-refractivity contribution in [1.82, 2.24) is 15.2 Å². The maximum atomic E-state index is 4.55. The summed E-state index contributed by atoms with van der Waals surface area (Å²) < 4.78 is 1.33. The summed E-state index contributed by atoms with van der Waals surface area (Å²) in [6.45, 7) is 5.54. The van der Waals surface area contributed by atoms with E-state index < -0.39 is 0 Å². The molecule has 2 fully saturated rings. The number of benzene rings is 1. The van der Waals surface area contributed by atoms with E-state index in [0.29, 0.717) is 0 Å². The molecule has 1 unspecified atom stereocenters. The third kappa shape index (κ3) is 3.24. The first kappa shape index (κ1) is 15.2. The first-order chi connectivity index (χ1) is 9.79. The molecule has 0 amide bonds. The van der Waals surface area contributed by atoms with Gasteiger partial charge in [-0.05, 0) is 50.4 Å². The average Bonchev–Trinajstić information content (AvgIpc) is 2.98. The largest absolute Gasteiger partial charge is 0.315 e. The Morgan fingerprint density at radius 1 is 1.29 bits per heavy atom. The smallest absolute Gasteiger partial charge is 0.0907 e. The van der Waals surface area contributed by atoms with Crippen molar-refractivity contribution in [3.63, 3.8) is 0 Å². The molecular weight excluding hydrogens is 302 g/mol. The van der Waals surface area contributed by atoms with Crippen molar-refractivity contribution in [3.05, 3.63) is 28.8 Å². The normalized spacial score (nSPS) is 21.9. The zero-order valence-corrected chi connectivity index (χ0v) is 14.0. The molecule has 1 aromatic heterocycles. The van der Waals surface area contributed by atoms with Gasteiger partial charge < -0.3 is 5.32 Å². The molecule has 2 heterocycles. The minimum atomic E-state index is 0. The van der Waals surface area contributed by atoms with Crippen LogP contribution in [0.4, 0.5) is 0 Å². The van der Waals surface area contributed by atoms with Gasteiger partial charge in [0.2, 0.25) is 0 Å². The standard InChI is InChI=1S/C16H21N3S.ClH/c1-11-18-15-5-2-12(8-16(15)20-11)10-19(13-3-4-13)14-6-7-17-9-14;/h2,5,8,13-14,17H,3-4,6-7,9-10H2,1H3;1H. The second-order valence-electron chi connectivity index (χ2n) is 6.09. The quantitative estimate of drug-likeness (QED) is 0.935. The summed E-state index contributed by atoms with van der Waals surface area (Å²) in [5.41, 5.74) is 2.59. The summed E-state index contributed by atoms with van der Waals surface area (Å²) in [5, 5.41) is 4.67. The minimum Gasteiger partial charge on any atom is -0.315 e. The van der Waals surface area contributed by atoms with Crippen LogP contribution in [0.5, 0.6) is 0 Å². The van der Waals surface area contributed by atoms with E-state index in [4.69, 9.17) is 0 Å². The van der Waals surface area contributed by atoms with Crippen molar-refractivity contribution < 1.29 is 0 Å². The minimum absolute atomic E-state index is 0. The van der Waals surface area contributed by atoms with Crippen molar-refractivity contribution in [2.45, 2.75) is 44.8 Å². The number of fused-ring (bicyclic) bond motifs is 1. The van der Waals surface area contributed by atoms with Gasteiger partial charge in [0.1, 0.15) is 0 Å². The van der Waals surface area contributed by atoms with Crippen molar-refractivity contribution >= 4 is 34.0 Å². The fourth-order valence-electron chi connectivity index (χ4n) is 3.28. The van der Waals surface area contributed by atoms with Crippen LogP contribution in [-0.2, 0) is 6.54 Å². The van der Waals surface area contributed by atoms with Crippen LogP contribution >= 0.6 is 23.7 Å². The van der Waals surface area contributed by atoms with E-state index in [2.05, 4.69) is 40.3 Å². The Morgan fingerprint density at radius 2 is 2.14 bits per heavy atom. The maximum Gasteiger partial charge on any atom is 0.0907 e. The topological polar surface area (TPSA) is 28.2 Å². The predicted molar refractivity (Wildman–Crippen MR) is 91.4 cm³/mol. The molecule has 2 aliphatic rings. The average molecular weight is 324 g/mol. The van der Waals surface area contributed by atoms with Gasteiger partial charge in [-0.2, -0.15) is 0 Å². The zero-order valence-electron chi connectivity index (χ0n) is 12.3. The molecular formula is C16H22ClN3S. The summed E-state index contributed by atoms with van der Waals surface area (Å²) in [6.07, 6.45) is 4.08. The van der Waals surface area contributed by atoms with Crippen LogP contribution in [0, 0.1) is 6.92 Å². The summed E-state index contributed by atoms with van der Waals surface area (Å²) in [7, 11) is 0. The first-order valence-corrected chi connectivity index (χ1v) is 8.44. The third-order valence-electron chi connectivity index (χ3n) is 4.44. The summed E-state index contributed by atoms with van der Waals surface area (Å²) in [4.78, 5) is 7.28. The first-order valence-electron chi connectivity index (χ1n) is 7.62. The van der Waals surface area contributed by atoms with Gasteiger partial charge >= 0.3 is 0 Å². The van der Waals surface area contributed by atoms with Crippen LogP contribution in [0.25, 0.3) is 10.2 Å². The predicted octanol–water partition coefficient (Wildman–Crippen LogP) is 3.35. The number of hydrogen-bond donors (Lipinski definition) is 1. The number of hydrogen-bond acceptors (Lipinski definition) is 4. The van der Waals surface area contributed by atoms with Crippen LogP contribution < -0.4 is 5.32 Å². The Hall–Kier alpha value is -0.680. The molecule has 5 heteroatoms. The van der Waals surface area contributed by atoms with Crippen LogP contribution in [0.3, 0.4) is 0 Å². The molecule has 21 heavy (non-hydrogen) atoms. The van der Waals surface area contributed by atoms with Gasteiger partial charge in [-0.25, -0.2) is 4.98 Å². The lowest BCUT2D eigenvalue weighted by Gasteiger charge is -2.28. The lowest BCUT2D eigenvalue weighted by molar-refractivity contribution is 0.189. The SMILES string of the molecule is Cc1nc2ccc(CN(C3CC3)C3CCNC3)cc2s1.Cl. The molecule has 1 N–H and O–H groups in total. The maximum absolute atomic E-state index is 4.55. The molecule has 0 spiro atoms. The van der Waals surface area contributed by atoms with Crippen LogP contribution in [0.15, 0.2) is 18.2 Å². The number of nitrogens with zero attached hydrogens (tertiary/aromatic N) is 2. The van der Waals surface area contributed by atoms with E-state index in [1.807, 2.05) is 11.3 Å². The highest BCUT2D eigenvalue weighted by Crippen LogP contribution is 2.32. The fraction of sp³-hybridized carbons (Fsp3) is 0.562. The van der Waals surface area contributed by atoms with Gasteiger partial charge in [-0.1, -0.05) is 6.07 Å². The van der Waals surface area contributed by atoms with E-state index in [1.54, 1.807) is 0 Å². The molecule has 1 aromatic carbocycles. The summed E-state index contributed by atoms with van der Waals surface area (Å²) in [5.74, 6) is 0. The zero-order chi connectivity index (χ0) is 13.5. The van der Waals surface area contributed by atoms with Crippen molar-refractivity contribution in [2.75, 3.05) is 13.1 Å². The molecule has 114 valence electrons. The second kappa shape index (κ2) is 6.21. The lowest BCUT2D eigenvalue weighted by Crippen LogP contribution is -2.38. The fourth-order valence-corrected chi connectivity index (χ4v) is 4.17. The molecule has 2 aromatic rings. The Morgan fingerprint density at radius 3 is 2.86 bits per heavy atom. The molecule has 1 atom stereocenters. The van der Waals surface area contributed by atoms with Crippen LogP contribution in [0.1, 0.15) is 29.8 Å². The second-order valence-corrected chi connectivity index (χ2v) is 7.32. The third-order valence-corrected chi connectivity index (χ3v) is 5.38. The van der Waals surface area contributed by atoms with Gasteiger partial charge in [-0.3, -0.25) is 4.90 Å². The number of aryl methyl sites for hydroxylation is 1. The van der Waals surface area contributed by atoms with E-state index >= 15 is 0 Å². The highest BCUT2D eigenvalue weighted by Gasteiger charge is 2.34. The van der Waals surface area contributed by atoms with Crippen LogP contribution in [0.2, 0.25) is 0 Å². The number of aromatic nitrogens is 1.